The van der Waals surface area contributed by atoms with E-state index in [0.29, 0.717) is 42.0 Å². The Morgan fingerprint density at radius 2 is 1.64 bits per heavy atom. The van der Waals surface area contributed by atoms with Crippen LogP contribution in [0.2, 0.25) is 0 Å². The quantitative estimate of drug-likeness (QED) is 0.287. The van der Waals surface area contributed by atoms with Gasteiger partial charge < -0.3 is 33.6 Å². The molecule has 0 radical (unpaired) electrons. The van der Waals surface area contributed by atoms with Crippen LogP contribution >= 0.6 is 0 Å². The molecule has 2 aromatic heterocycles. The van der Waals surface area contributed by atoms with Crippen LogP contribution in [0.1, 0.15) is 29.4 Å². The Labute approximate surface area is 241 Å². The molecule has 0 bridgehead atoms. The summed E-state index contributed by atoms with van der Waals surface area (Å²) in [5.74, 6) is -0.805. The average molecular weight is 576 g/mol. The third-order valence-electron chi connectivity index (χ3n) is 7.56. The number of anilines is 1. The number of pyridine rings is 1. The van der Waals surface area contributed by atoms with Gasteiger partial charge in [0.2, 0.25) is 11.2 Å². The van der Waals surface area contributed by atoms with Gasteiger partial charge >= 0.3 is 5.97 Å². The Kier molecular flexibility index (Phi) is 8.48. The molecule has 2 aromatic carbocycles. The van der Waals surface area contributed by atoms with Crippen molar-refractivity contribution in [3.8, 4) is 17.2 Å². The summed E-state index contributed by atoms with van der Waals surface area (Å²) in [5, 5.41) is 11.5. The Morgan fingerprint density at radius 3 is 2.31 bits per heavy atom. The van der Waals surface area contributed by atoms with Crippen LogP contribution in [-0.2, 0) is 16.1 Å². The van der Waals surface area contributed by atoms with Gasteiger partial charge in [0.1, 0.15) is 17.3 Å². The number of aromatic nitrogens is 1. The van der Waals surface area contributed by atoms with Crippen molar-refractivity contribution in [3.63, 3.8) is 0 Å². The van der Waals surface area contributed by atoms with Gasteiger partial charge in [0, 0.05) is 49.6 Å². The van der Waals surface area contributed by atoms with E-state index in [2.05, 4.69) is 14.8 Å². The van der Waals surface area contributed by atoms with E-state index in [9.17, 15) is 19.5 Å². The van der Waals surface area contributed by atoms with Crippen LogP contribution in [0.4, 0.5) is 5.69 Å². The summed E-state index contributed by atoms with van der Waals surface area (Å²) in [6, 6.07) is 16.0. The van der Waals surface area contributed by atoms with Crippen LogP contribution in [0.25, 0.3) is 10.9 Å². The normalized spacial score (nSPS) is 14.5. The number of nitrogens with one attached hydrogen (secondary N) is 1. The van der Waals surface area contributed by atoms with Crippen molar-refractivity contribution in [2.24, 2.45) is 0 Å². The highest BCUT2D eigenvalue weighted by Crippen LogP contribution is 2.33. The van der Waals surface area contributed by atoms with Gasteiger partial charge in [-0.25, -0.2) is 0 Å². The lowest BCUT2D eigenvalue weighted by molar-refractivity contribution is -0.140. The number of piperazine rings is 1. The molecule has 42 heavy (non-hydrogen) atoms. The van der Waals surface area contributed by atoms with Crippen LogP contribution in [0, 0.1) is 0 Å². The molecular weight excluding hydrogens is 542 g/mol. The van der Waals surface area contributed by atoms with E-state index in [1.165, 1.54) is 20.3 Å². The van der Waals surface area contributed by atoms with Crippen LogP contribution in [0.3, 0.4) is 0 Å². The second-order valence-corrected chi connectivity index (χ2v) is 10.1. The predicted octanol–water partition coefficient (Wildman–Crippen LogP) is 3.22. The number of aromatic hydroxyl groups is 1. The molecule has 1 fully saturated rings. The van der Waals surface area contributed by atoms with Gasteiger partial charge in [-0.05, 0) is 47.9 Å². The second kappa shape index (κ2) is 12.4. The van der Waals surface area contributed by atoms with Gasteiger partial charge in [0.15, 0.2) is 5.76 Å². The fourth-order valence-corrected chi connectivity index (χ4v) is 5.22. The molecule has 0 aliphatic carbocycles. The zero-order chi connectivity index (χ0) is 29.8. The van der Waals surface area contributed by atoms with Crippen LogP contribution in [-0.4, -0.2) is 68.5 Å². The summed E-state index contributed by atoms with van der Waals surface area (Å²) in [4.78, 5) is 45.8. The molecular formula is C31H33N3O8. The van der Waals surface area contributed by atoms with E-state index >= 15 is 0 Å². The molecule has 1 saturated heterocycles. The number of ether oxygens (including phenoxy) is 3. The predicted molar refractivity (Wildman–Crippen MR) is 157 cm³/mol. The van der Waals surface area contributed by atoms with Crippen molar-refractivity contribution >= 4 is 22.6 Å². The summed E-state index contributed by atoms with van der Waals surface area (Å²) in [6.07, 6.45) is -0.318. The number of nitrogens with zero attached hydrogens (tertiary/aromatic N) is 2. The molecule has 1 aliphatic rings. The average Bonchev–Trinajstić information content (AvgIpc) is 3.01. The number of methoxy groups -OCH3 is 3. The standard InChI is InChI=1S/C31H33N3O8/c1-39-21-8-5-20(6-9-21)34-12-10-33(11-13-34)18-23-16-27(35)29(37)30(42-23)24(17-28(36)41-3)25-14-19-4-7-22(40-2)15-26(19)32-31(25)38/h4-9,14-16,24,37H,10-13,17-18H2,1-3H3,(H,32,38)/t24-/m1/s1. The number of aromatic amines is 1. The van der Waals surface area contributed by atoms with E-state index < -0.39 is 28.6 Å². The molecule has 4 aromatic rings. The van der Waals surface area contributed by atoms with Crippen molar-refractivity contribution in [1.82, 2.24) is 9.88 Å². The van der Waals surface area contributed by atoms with Gasteiger partial charge in [-0.2, -0.15) is 0 Å². The second-order valence-electron chi connectivity index (χ2n) is 10.1. The third-order valence-corrected chi connectivity index (χ3v) is 7.56. The summed E-state index contributed by atoms with van der Waals surface area (Å²) >= 11 is 0. The topological polar surface area (TPSA) is 135 Å². The van der Waals surface area contributed by atoms with Crippen molar-refractivity contribution in [2.45, 2.75) is 18.9 Å². The number of hydrogen-bond donors (Lipinski definition) is 2. The van der Waals surface area contributed by atoms with Crippen molar-refractivity contribution < 1.29 is 28.5 Å². The maximum atomic E-state index is 13.2. The first kappa shape index (κ1) is 28.7. The van der Waals surface area contributed by atoms with Gasteiger partial charge in [0.25, 0.3) is 5.56 Å². The molecule has 1 aliphatic heterocycles. The largest absolute Gasteiger partial charge is 0.502 e. The molecule has 11 nitrogen and oxygen atoms in total. The number of hydrogen-bond acceptors (Lipinski definition) is 10. The number of benzene rings is 2. The lowest BCUT2D eigenvalue weighted by atomic mass is 9.92. The summed E-state index contributed by atoms with van der Waals surface area (Å²) in [5.41, 5.74) is 0.639. The molecule has 0 amide bonds. The van der Waals surface area contributed by atoms with Gasteiger partial charge in [0.05, 0.1) is 45.7 Å². The zero-order valence-electron chi connectivity index (χ0n) is 23.7. The van der Waals surface area contributed by atoms with Crippen LogP contribution in [0.5, 0.6) is 17.2 Å². The Balaban J connectivity index is 1.42. The summed E-state index contributed by atoms with van der Waals surface area (Å²) in [6.45, 7) is 3.28. The Hall–Kier alpha value is -4.77. The fourth-order valence-electron chi connectivity index (χ4n) is 5.22. The highest BCUT2D eigenvalue weighted by atomic mass is 16.5. The first-order valence-electron chi connectivity index (χ1n) is 13.5. The number of carbonyl (C=O) groups is 1. The zero-order valence-corrected chi connectivity index (χ0v) is 23.7. The minimum Gasteiger partial charge on any atom is -0.502 e. The maximum absolute atomic E-state index is 13.2. The molecule has 0 unspecified atom stereocenters. The van der Waals surface area contributed by atoms with E-state index in [1.54, 1.807) is 31.4 Å². The van der Waals surface area contributed by atoms with Gasteiger partial charge in [-0.3, -0.25) is 19.3 Å². The third kappa shape index (κ3) is 6.10. The number of fused-ring (bicyclic) bond motifs is 1. The lowest BCUT2D eigenvalue weighted by Crippen LogP contribution is -2.46. The van der Waals surface area contributed by atoms with Crippen LogP contribution < -0.4 is 25.4 Å². The molecule has 220 valence electrons. The number of esters is 1. The minimum atomic E-state index is -1.06. The fraction of sp³-hybridized carbons (Fsp3) is 0.323. The molecule has 3 heterocycles. The minimum absolute atomic E-state index is 0.154. The number of rotatable bonds is 9. The lowest BCUT2D eigenvalue weighted by Gasteiger charge is -2.36. The summed E-state index contributed by atoms with van der Waals surface area (Å²) < 4.78 is 21.5. The maximum Gasteiger partial charge on any atom is 0.306 e. The summed E-state index contributed by atoms with van der Waals surface area (Å²) in [7, 11) is 4.39. The highest BCUT2D eigenvalue weighted by molar-refractivity contribution is 5.81. The van der Waals surface area contributed by atoms with Crippen LogP contribution in [0.15, 0.2) is 68.6 Å². The SMILES string of the molecule is COC(=O)C[C@@H](c1oc(CN2CCN(c3ccc(OC)cc3)CC2)cc(=O)c1O)c1cc2ccc(OC)cc2[nH]c1=O. The smallest absolute Gasteiger partial charge is 0.306 e. The molecule has 2 N–H and O–H groups in total. The molecule has 11 heteroatoms. The molecule has 0 spiro atoms. The monoisotopic (exact) mass is 575 g/mol. The van der Waals surface area contributed by atoms with Gasteiger partial charge in [-0.15, -0.1) is 0 Å². The number of H-pyrrole nitrogens is 1. The van der Waals surface area contributed by atoms with E-state index in [-0.39, 0.29) is 17.7 Å². The first-order valence-corrected chi connectivity index (χ1v) is 13.5. The number of carbonyl (C=O) groups excluding carboxylic acids is 1. The van der Waals surface area contributed by atoms with E-state index in [1.807, 2.05) is 24.3 Å². The van der Waals surface area contributed by atoms with Crippen molar-refractivity contribution in [1.29, 1.82) is 0 Å². The van der Waals surface area contributed by atoms with Gasteiger partial charge in [-0.1, -0.05) is 0 Å². The molecule has 0 saturated carbocycles. The van der Waals surface area contributed by atoms with E-state index in [4.69, 9.17) is 18.6 Å². The first-order chi connectivity index (χ1) is 20.3. The Morgan fingerprint density at radius 1 is 0.952 bits per heavy atom. The van der Waals surface area contributed by atoms with Crippen molar-refractivity contribution in [2.75, 3.05) is 52.4 Å². The Bertz CT molecular complexity index is 1690. The highest BCUT2D eigenvalue weighted by Gasteiger charge is 2.29. The van der Waals surface area contributed by atoms with Crippen molar-refractivity contribution in [3.05, 3.63) is 92.3 Å². The molecule has 1 atom stereocenters. The molecule has 5 rings (SSSR count). The van der Waals surface area contributed by atoms with E-state index in [0.717, 1.165) is 24.5 Å².